The molecule has 1 atom stereocenters. The fourth-order valence-electron chi connectivity index (χ4n) is 1.08. The van der Waals surface area contributed by atoms with E-state index in [1.807, 2.05) is 45.0 Å². The molecular formula is C14H16O. The summed E-state index contributed by atoms with van der Waals surface area (Å²) >= 11 is 0. The number of benzene rings is 1. The summed E-state index contributed by atoms with van der Waals surface area (Å²) in [6, 6.07) is 7.87. The van der Waals surface area contributed by atoms with Crippen LogP contribution in [0.25, 0.3) is 0 Å². The summed E-state index contributed by atoms with van der Waals surface area (Å²) in [6.45, 7) is 5.93. The first kappa shape index (κ1) is 11.5. The summed E-state index contributed by atoms with van der Waals surface area (Å²) in [6.07, 6.45) is 0.849. The van der Waals surface area contributed by atoms with Gasteiger partial charge < -0.3 is 0 Å². The first-order chi connectivity index (χ1) is 7.13. The lowest BCUT2D eigenvalue weighted by atomic mass is 10.0. The minimum absolute atomic E-state index is 0.0260. The highest BCUT2D eigenvalue weighted by Gasteiger charge is 2.05. The van der Waals surface area contributed by atoms with Crippen molar-refractivity contribution >= 4 is 5.78 Å². The van der Waals surface area contributed by atoms with Crippen molar-refractivity contribution in [3.63, 3.8) is 0 Å². The lowest BCUT2D eigenvalue weighted by Gasteiger charge is -1.98. The predicted molar refractivity (Wildman–Crippen MR) is 62.5 cm³/mol. The van der Waals surface area contributed by atoms with Gasteiger partial charge in [-0.1, -0.05) is 37.5 Å². The summed E-state index contributed by atoms with van der Waals surface area (Å²) in [4.78, 5) is 11.4. The molecular weight excluding hydrogens is 184 g/mol. The fraction of sp³-hybridized carbons (Fsp3) is 0.357. The van der Waals surface area contributed by atoms with E-state index >= 15 is 0 Å². The van der Waals surface area contributed by atoms with Gasteiger partial charge in [0.1, 0.15) is 0 Å². The van der Waals surface area contributed by atoms with Crippen molar-refractivity contribution in [1.29, 1.82) is 0 Å². The maximum absolute atomic E-state index is 11.4. The minimum Gasteiger partial charge on any atom is -0.285 e. The normalized spacial score (nSPS) is 11.4. The molecule has 0 bridgehead atoms. The number of carbonyl (C=O) groups is 1. The van der Waals surface area contributed by atoms with Crippen LogP contribution < -0.4 is 0 Å². The molecule has 0 aromatic heterocycles. The average Bonchev–Trinajstić information content (AvgIpc) is 2.26. The number of carbonyl (C=O) groups excluding carboxylic acids is 1. The Labute approximate surface area is 91.5 Å². The van der Waals surface area contributed by atoms with Gasteiger partial charge in [0.05, 0.1) is 0 Å². The maximum Gasteiger partial charge on any atom is 0.208 e. The van der Waals surface area contributed by atoms with Crippen molar-refractivity contribution in [3.05, 3.63) is 35.4 Å². The molecule has 1 rings (SSSR count). The molecule has 1 nitrogen and oxygen atoms in total. The van der Waals surface area contributed by atoms with Crippen LogP contribution >= 0.6 is 0 Å². The number of aryl methyl sites for hydroxylation is 1. The Kier molecular flexibility index (Phi) is 4.12. The van der Waals surface area contributed by atoms with Crippen molar-refractivity contribution in [1.82, 2.24) is 0 Å². The van der Waals surface area contributed by atoms with Crippen molar-refractivity contribution in [3.8, 4) is 11.8 Å². The van der Waals surface area contributed by atoms with Crippen LogP contribution in [0.4, 0.5) is 0 Å². The molecule has 1 heteroatoms. The van der Waals surface area contributed by atoms with E-state index in [-0.39, 0.29) is 11.7 Å². The molecule has 0 saturated carbocycles. The third-order valence-electron chi connectivity index (χ3n) is 2.44. The first-order valence-corrected chi connectivity index (χ1v) is 5.26. The summed E-state index contributed by atoms with van der Waals surface area (Å²) in [5.74, 6) is 5.64. The predicted octanol–water partition coefficient (Wildman–Crippen LogP) is 2.96. The van der Waals surface area contributed by atoms with E-state index in [1.54, 1.807) is 0 Å². The van der Waals surface area contributed by atoms with Gasteiger partial charge >= 0.3 is 0 Å². The SMILES string of the molecule is CCC(C)C(=O)C#Cc1ccc(C)cc1. The third kappa shape index (κ3) is 3.59. The Bertz CT molecular complexity index is 390. The standard InChI is InChI=1S/C14H16O/c1-4-12(3)14(15)10-9-13-7-5-11(2)6-8-13/h5-8,12H,4H2,1-3H3. The van der Waals surface area contributed by atoms with Crippen LogP contribution in [0, 0.1) is 24.7 Å². The molecule has 1 unspecified atom stereocenters. The Morgan fingerprint density at radius 1 is 1.33 bits per heavy atom. The van der Waals surface area contributed by atoms with E-state index in [2.05, 4.69) is 11.8 Å². The lowest BCUT2D eigenvalue weighted by Crippen LogP contribution is -2.06. The number of hydrogen-bond acceptors (Lipinski definition) is 1. The monoisotopic (exact) mass is 200 g/mol. The highest BCUT2D eigenvalue weighted by Crippen LogP contribution is 2.03. The van der Waals surface area contributed by atoms with Gasteiger partial charge in [-0.3, -0.25) is 4.79 Å². The van der Waals surface area contributed by atoms with Crippen molar-refractivity contribution in [2.75, 3.05) is 0 Å². The van der Waals surface area contributed by atoms with E-state index in [4.69, 9.17) is 0 Å². The van der Waals surface area contributed by atoms with Crippen molar-refractivity contribution < 1.29 is 4.79 Å². The Hall–Kier alpha value is -1.55. The molecule has 0 spiro atoms. The molecule has 0 fully saturated rings. The summed E-state index contributed by atoms with van der Waals surface area (Å²) < 4.78 is 0. The van der Waals surface area contributed by atoms with Gasteiger partial charge in [0.15, 0.2) is 0 Å². The molecule has 1 aromatic carbocycles. The average molecular weight is 200 g/mol. The molecule has 0 heterocycles. The van der Waals surface area contributed by atoms with Crippen LogP contribution in [0.1, 0.15) is 31.4 Å². The smallest absolute Gasteiger partial charge is 0.208 e. The molecule has 0 aliphatic carbocycles. The van der Waals surface area contributed by atoms with Gasteiger partial charge in [-0.25, -0.2) is 0 Å². The second-order valence-electron chi connectivity index (χ2n) is 3.79. The number of ketones is 1. The number of hydrogen-bond donors (Lipinski definition) is 0. The van der Waals surface area contributed by atoms with Crippen LogP contribution in [0.2, 0.25) is 0 Å². The first-order valence-electron chi connectivity index (χ1n) is 5.26. The summed E-state index contributed by atoms with van der Waals surface area (Å²) in [5.41, 5.74) is 2.10. The van der Waals surface area contributed by atoms with E-state index in [9.17, 15) is 4.79 Å². The highest BCUT2D eigenvalue weighted by atomic mass is 16.1. The van der Waals surface area contributed by atoms with Gasteiger partial charge in [-0.05, 0) is 31.4 Å². The van der Waals surface area contributed by atoms with Gasteiger partial charge in [0.25, 0.3) is 0 Å². The van der Waals surface area contributed by atoms with Gasteiger partial charge in [-0.2, -0.15) is 0 Å². The van der Waals surface area contributed by atoms with Crippen LogP contribution in [-0.2, 0) is 4.79 Å². The maximum atomic E-state index is 11.4. The van der Waals surface area contributed by atoms with E-state index in [0.717, 1.165) is 12.0 Å². The van der Waals surface area contributed by atoms with Gasteiger partial charge in [-0.15, -0.1) is 0 Å². The number of rotatable bonds is 2. The van der Waals surface area contributed by atoms with Crippen molar-refractivity contribution in [2.45, 2.75) is 27.2 Å². The van der Waals surface area contributed by atoms with Gasteiger partial charge in [0, 0.05) is 11.5 Å². The zero-order valence-corrected chi connectivity index (χ0v) is 9.50. The molecule has 0 aliphatic rings. The number of Topliss-reactive ketones (excluding diaryl/α,β-unsaturated/α-hetero) is 1. The Morgan fingerprint density at radius 3 is 2.47 bits per heavy atom. The quantitative estimate of drug-likeness (QED) is 0.671. The molecule has 15 heavy (non-hydrogen) atoms. The largest absolute Gasteiger partial charge is 0.285 e. The summed E-state index contributed by atoms with van der Waals surface area (Å²) in [7, 11) is 0. The zero-order valence-electron chi connectivity index (χ0n) is 9.50. The van der Waals surface area contributed by atoms with Crippen LogP contribution in [0.5, 0.6) is 0 Å². The second-order valence-corrected chi connectivity index (χ2v) is 3.79. The van der Waals surface area contributed by atoms with Crippen LogP contribution in [0.3, 0.4) is 0 Å². The molecule has 0 N–H and O–H groups in total. The molecule has 0 saturated heterocycles. The Balaban J connectivity index is 2.73. The topological polar surface area (TPSA) is 17.1 Å². The zero-order chi connectivity index (χ0) is 11.3. The van der Waals surface area contributed by atoms with E-state index in [1.165, 1.54) is 5.56 Å². The molecule has 1 aromatic rings. The lowest BCUT2D eigenvalue weighted by molar-refractivity contribution is -0.116. The molecule has 0 radical (unpaired) electrons. The highest BCUT2D eigenvalue weighted by molar-refractivity contribution is 5.97. The third-order valence-corrected chi connectivity index (χ3v) is 2.44. The van der Waals surface area contributed by atoms with Crippen LogP contribution in [0.15, 0.2) is 24.3 Å². The fourth-order valence-corrected chi connectivity index (χ4v) is 1.08. The molecule has 0 aliphatic heterocycles. The minimum atomic E-state index is 0.0260. The summed E-state index contributed by atoms with van der Waals surface area (Å²) in [5, 5.41) is 0. The van der Waals surface area contributed by atoms with Crippen molar-refractivity contribution in [2.24, 2.45) is 5.92 Å². The van der Waals surface area contributed by atoms with Crippen LogP contribution in [-0.4, -0.2) is 5.78 Å². The molecule has 78 valence electrons. The Morgan fingerprint density at radius 2 is 1.93 bits per heavy atom. The second kappa shape index (κ2) is 5.36. The van der Waals surface area contributed by atoms with E-state index in [0.29, 0.717) is 0 Å². The van der Waals surface area contributed by atoms with Gasteiger partial charge in [0.2, 0.25) is 5.78 Å². The molecule has 0 amide bonds. The van der Waals surface area contributed by atoms with E-state index < -0.39 is 0 Å².